The van der Waals surface area contributed by atoms with E-state index in [4.69, 9.17) is 28.2 Å². The van der Waals surface area contributed by atoms with Crippen LogP contribution in [0.5, 0.6) is 0 Å². The third kappa shape index (κ3) is 13.8. The van der Waals surface area contributed by atoms with Crippen molar-refractivity contribution in [2.24, 2.45) is 44.1 Å². The van der Waals surface area contributed by atoms with E-state index in [1.165, 1.54) is 21.8 Å². The van der Waals surface area contributed by atoms with E-state index in [2.05, 4.69) is 84.1 Å². The standard InChI is InChI=1S/C51H72N24O10/c1-55-35-23-57-73(32-11-6-3-7-12-32)41(35)69-67-37-34(71-75(39(37)54)49-61-47(63-51(85)65-49)59-30-19-26(44(80)81)16-27(20-30)45(82)83)14-8-13-33-36(66-68-40-28(21-52)22-56-72(40)31-9-4-2-5-10-31)38(53)74(70-33)48-60-46(62-50(84)64-48)58-29-17-24(42(76)77)15-25(18-29)43(78)79/h22-27,29-32,46-51,58-65,84-85H,2-20,53-54H2,(H,76,77)(H,78,79)(H,80,81)(H,82,83). The molecule has 4 saturated carbocycles. The highest BCUT2D eigenvalue weighted by Gasteiger charge is 2.41. The number of nitrogens with one attached hydrogen (secondary N) is 8. The number of hydrogen-bond acceptors (Lipinski definition) is 25. The number of nitrogens with zero attached hydrogens (tertiary/aromatic N) is 14. The summed E-state index contributed by atoms with van der Waals surface area (Å²) in [4.78, 5) is 52.0. The number of aliphatic hydroxyl groups is 2. The van der Waals surface area contributed by atoms with Crippen LogP contribution >= 0.6 is 0 Å². The SMILES string of the molecule is [C-]#[N+]c1cnn(C2CCCCC2)c1N=Nc1c(CCCc2nn(C3NC(O)NC(NC4CC(C(=O)O)CC(C(=O)O)C4)N3)c(N)c2N=Nc2c(C#N)cnn2C2CCCCC2)nn(C2NC(O)NC(NC3CC(C(=O)O)CC(C(=O)O)C3)N2)c1N. The van der Waals surface area contributed by atoms with Gasteiger partial charge in [-0.3, -0.25) is 55.8 Å². The summed E-state index contributed by atoms with van der Waals surface area (Å²) >= 11 is 0. The zero-order valence-electron chi connectivity index (χ0n) is 46.4. The maximum Gasteiger partial charge on any atom is 0.306 e. The lowest BCUT2D eigenvalue weighted by molar-refractivity contribution is -0.150. The molecular formula is C51H72N24O10. The van der Waals surface area contributed by atoms with Crippen molar-refractivity contribution in [3.8, 4) is 6.07 Å². The van der Waals surface area contributed by atoms with Crippen molar-refractivity contribution in [1.29, 1.82) is 5.26 Å². The molecule has 18 N–H and O–H groups in total. The highest BCUT2D eigenvalue weighted by Crippen LogP contribution is 2.41. The molecule has 2 aliphatic heterocycles. The second kappa shape index (κ2) is 26.6. The predicted molar refractivity (Wildman–Crippen MR) is 296 cm³/mol. The van der Waals surface area contributed by atoms with Gasteiger partial charge in [-0.15, -0.1) is 20.5 Å². The minimum atomic E-state index is -1.39. The molecule has 34 heteroatoms. The van der Waals surface area contributed by atoms with Gasteiger partial charge in [-0.25, -0.2) is 29.5 Å². The Balaban J connectivity index is 0.964. The van der Waals surface area contributed by atoms with Crippen LogP contribution in [0.25, 0.3) is 4.85 Å². The summed E-state index contributed by atoms with van der Waals surface area (Å²) in [6, 6.07) is 0.956. The van der Waals surface area contributed by atoms with E-state index in [9.17, 15) is 55.1 Å². The summed E-state index contributed by atoms with van der Waals surface area (Å²) in [5.41, 5.74) is 15.2. The van der Waals surface area contributed by atoms with Gasteiger partial charge in [0, 0.05) is 12.1 Å². The molecule has 10 atom stereocenters. The normalized spacial score (nSPS) is 29.0. The summed E-state index contributed by atoms with van der Waals surface area (Å²) in [6.07, 6.45) is 6.54. The lowest BCUT2D eigenvalue weighted by Crippen LogP contribution is -2.70. The van der Waals surface area contributed by atoms with Crippen LogP contribution < -0.4 is 54.0 Å². The number of aromatic nitrogens is 8. The Morgan fingerprint density at radius 2 is 1.01 bits per heavy atom. The molecule has 10 unspecified atom stereocenters. The molecule has 0 amide bonds. The number of nitriles is 1. The van der Waals surface area contributed by atoms with E-state index >= 15 is 0 Å². The van der Waals surface area contributed by atoms with Crippen LogP contribution in [0.2, 0.25) is 0 Å². The highest BCUT2D eigenvalue weighted by atomic mass is 16.4. The molecule has 456 valence electrons. The third-order valence-electron chi connectivity index (χ3n) is 16.9. The van der Waals surface area contributed by atoms with Crippen LogP contribution in [0.1, 0.15) is 151 Å². The molecule has 10 rings (SSSR count). The second-order valence-corrected chi connectivity index (χ2v) is 22.7. The first-order chi connectivity index (χ1) is 40.9. The largest absolute Gasteiger partial charge is 0.481 e. The number of hydrogen-bond donors (Lipinski definition) is 16. The Morgan fingerprint density at radius 1 is 0.600 bits per heavy atom. The number of aliphatic hydroxyl groups excluding tert-OH is 2. The van der Waals surface area contributed by atoms with E-state index < -0.39 is 97.5 Å². The Kier molecular flexibility index (Phi) is 18.8. The Morgan fingerprint density at radius 3 is 1.42 bits per heavy atom. The maximum absolute atomic E-state index is 12.1. The lowest BCUT2D eigenvalue weighted by Gasteiger charge is -2.40. The number of aliphatic carboxylic acids is 4. The zero-order valence-corrected chi connectivity index (χ0v) is 46.4. The maximum atomic E-state index is 12.1. The molecule has 85 heavy (non-hydrogen) atoms. The number of azo groups is 2. The smallest absolute Gasteiger partial charge is 0.306 e. The van der Waals surface area contributed by atoms with Crippen molar-refractivity contribution in [2.45, 2.75) is 184 Å². The summed E-state index contributed by atoms with van der Waals surface area (Å²) < 4.78 is 6.13. The van der Waals surface area contributed by atoms with Crippen LogP contribution in [0, 0.1) is 41.6 Å². The quantitative estimate of drug-likeness (QED) is 0.0447. The first kappa shape index (κ1) is 60.2. The summed E-state index contributed by atoms with van der Waals surface area (Å²) in [5.74, 6) is -7.67. The minimum Gasteiger partial charge on any atom is -0.481 e. The molecule has 0 spiro atoms. The Bertz CT molecular complexity index is 2970. The number of carbonyl (C=O) groups is 4. The van der Waals surface area contributed by atoms with Crippen LogP contribution in [0.15, 0.2) is 32.9 Å². The van der Waals surface area contributed by atoms with E-state index in [0.29, 0.717) is 11.4 Å². The van der Waals surface area contributed by atoms with E-state index in [-0.39, 0.29) is 116 Å². The number of carboxylic acids is 4. The number of nitrogen functional groups attached to an aromatic ring is 2. The summed E-state index contributed by atoms with van der Waals surface area (Å²) in [5, 5.41) is 134. The van der Waals surface area contributed by atoms with Gasteiger partial charge < -0.3 is 42.1 Å². The highest BCUT2D eigenvalue weighted by molar-refractivity contribution is 5.75. The van der Waals surface area contributed by atoms with Gasteiger partial charge in [0.05, 0.1) is 66.1 Å². The van der Waals surface area contributed by atoms with Gasteiger partial charge in [0.1, 0.15) is 24.2 Å². The zero-order chi connectivity index (χ0) is 60.1. The van der Waals surface area contributed by atoms with Crippen LogP contribution in [-0.2, 0) is 32.0 Å². The van der Waals surface area contributed by atoms with Gasteiger partial charge in [0.15, 0.2) is 59.9 Å². The van der Waals surface area contributed by atoms with E-state index in [1.807, 2.05) is 0 Å². The molecule has 6 heterocycles. The van der Waals surface area contributed by atoms with Crippen LogP contribution in [0.3, 0.4) is 0 Å². The number of rotatable bonds is 20. The molecule has 4 aromatic rings. The fraction of sp³-hybridized carbons (Fsp3) is 0.647. The fourth-order valence-electron chi connectivity index (χ4n) is 12.7. The number of anilines is 2. The fourth-order valence-corrected chi connectivity index (χ4v) is 12.7. The topological polar surface area (TPSA) is 487 Å². The number of aryl methyl sites for hydroxylation is 2. The molecule has 0 radical (unpaired) electrons. The van der Waals surface area contributed by atoms with Crippen molar-refractivity contribution in [3.63, 3.8) is 0 Å². The molecule has 0 aromatic carbocycles. The van der Waals surface area contributed by atoms with Crippen molar-refractivity contribution in [2.75, 3.05) is 11.5 Å². The second-order valence-electron chi connectivity index (χ2n) is 22.7. The summed E-state index contributed by atoms with van der Waals surface area (Å²) in [6.45, 7) is 7.95. The first-order valence-electron chi connectivity index (χ1n) is 28.8. The Hall–Kier alpha value is -7.90. The van der Waals surface area contributed by atoms with Crippen LogP contribution in [-0.4, -0.2) is 131 Å². The van der Waals surface area contributed by atoms with Crippen molar-refractivity contribution in [1.82, 2.24) is 81.7 Å². The Labute approximate surface area is 486 Å². The summed E-state index contributed by atoms with van der Waals surface area (Å²) in [7, 11) is 0. The molecule has 2 saturated heterocycles. The molecular weight excluding hydrogens is 1110 g/mol. The van der Waals surface area contributed by atoms with E-state index in [1.54, 1.807) is 9.36 Å². The molecule has 6 fully saturated rings. The van der Waals surface area contributed by atoms with Gasteiger partial charge in [-0.2, -0.15) is 25.7 Å². The molecule has 4 aromatic heterocycles. The van der Waals surface area contributed by atoms with Crippen molar-refractivity contribution >= 4 is 64.2 Å². The van der Waals surface area contributed by atoms with Crippen molar-refractivity contribution < 1.29 is 49.8 Å². The van der Waals surface area contributed by atoms with Gasteiger partial charge in [-0.05, 0) is 83.5 Å². The van der Waals surface area contributed by atoms with Gasteiger partial charge >= 0.3 is 23.9 Å². The first-order valence-corrected chi connectivity index (χ1v) is 28.8. The number of carboxylic acid groups (broad SMARTS) is 4. The minimum absolute atomic E-state index is 0.0128. The molecule has 6 aliphatic rings. The number of nitrogens with two attached hydrogens (primary N) is 2. The molecule has 0 bridgehead atoms. The predicted octanol–water partition coefficient (Wildman–Crippen LogP) is 2.76. The average molecular weight is 1180 g/mol. The third-order valence-corrected chi connectivity index (χ3v) is 16.9. The van der Waals surface area contributed by atoms with Gasteiger partial charge in [0.2, 0.25) is 0 Å². The monoisotopic (exact) mass is 1180 g/mol. The molecule has 4 aliphatic carbocycles. The van der Waals surface area contributed by atoms with E-state index in [0.717, 1.165) is 64.2 Å². The van der Waals surface area contributed by atoms with Gasteiger partial charge in [-0.1, -0.05) is 38.5 Å². The van der Waals surface area contributed by atoms with Gasteiger partial charge in [0.25, 0.3) is 5.69 Å². The average Bonchev–Trinajstić information content (AvgIpc) is 3.69. The molecule has 34 nitrogen and oxygen atoms in total. The van der Waals surface area contributed by atoms with Crippen LogP contribution in [0.4, 0.5) is 40.3 Å². The van der Waals surface area contributed by atoms with Crippen molar-refractivity contribution in [3.05, 3.63) is 40.8 Å². The lowest BCUT2D eigenvalue weighted by atomic mass is 9.78.